The number of halogens is 1. The van der Waals surface area contributed by atoms with E-state index in [1.807, 2.05) is 31.2 Å². The van der Waals surface area contributed by atoms with E-state index in [-0.39, 0.29) is 5.91 Å². The van der Waals surface area contributed by atoms with Crippen molar-refractivity contribution in [2.75, 3.05) is 24.9 Å². The third-order valence-electron chi connectivity index (χ3n) is 4.12. The first-order chi connectivity index (χ1) is 13.5. The molecule has 0 unspecified atom stereocenters. The van der Waals surface area contributed by atoms with E-state index < -0.39 is 0 Å². The van der Waals surface area contributed by atoms with Crippen molar-refractivity contribution >= 4 is 34.6 Å². The fourth-order valence-electron chi connectivity index (χ4n) is 2.66. The minimum Gasteiger partial charge on any atom is -0.495 e. The summed E-state index contributed by atoms with van der Waals surface area (Å²) in [6.45, 7) is 1.86. The molecule has 1 heterocycles. The number of nitrogens with zero attached hydrogens (tertiary/aromatic N) is 1. The average molecular weight is 398 g/mol. The average Bonchev–Trinajstić information content (AvgIpc) is 2.71. The van der Waals surface area contributed by atoms with Gasteiger partial charge in [-0.3, -0.25) is 9.78 Å². The molecule has 2 N–H and O–H groups in total. The van der Waals surface area contributed by atoms with Gasteiger partial charge in [-0.15, -0.1) is 0 Å². The van der Waals surface area contributed by atoms with Gasteiger partial charge in [-0.25, -0.2) is 0 Å². The predicted molar refractivity (Wildman–Crippen MR) is 111 cm³/mol. The van der Waals surface area contributed by atoms with E-state index in [0.717, 1.165) is 11.3 Å². The zero-order valence-corrected chi connectivity index (χ0v) is 16.5. The number of methoxy groups -OCH3 is 2. The molecular formula is C21H20ClN3O3. The van der Waals surface area contributed by atoms with Crippen LogP contribution in [-0.2, 0) is 0 Å². The van der Waals surface area contributed by atoms with Gasteiger partial charge in [0.25, 0.3) is 5.91 Å². The summed E-state index contributed by atoms with van der Waals surface area (Å²) in [5.41, 5.74) is 3.21. The quantitative estimate of drug-likeness (QED) is 0.608. The van der Waals surface area contributed by atoms with Crippen LogP contribution in [0.3, 0.4) is 0 Å². The highest BCUT2D eigenvalue weighted by Crippen LogP contribution is 2.31. The maximum atomic E-state index is 12.7. The van der Waals surface area contributed by atoms with E-state index in [1.165, 1.54) is 13.3 Å². The maximum absolute atomic E-state index is 12.7. The van der Waals surface area contributed by atoms with Crippen LogP contribution in [0.4, 0.5) is 17.1 Å². The molecule has 3 rings (SSSR count). The fraction of sp³-hybridized carbons (Fsp3) is 0.143. The number of aryl methyl sites for hydroxylation is 1. The Balaban J connectivity index is 1.82. The maximum Gasteiger partial charge on any atom is 0.257 e. The van der Waals surface area contributed by atoms with E-state index >= 15 is 0 Å². The van der Waals surface area contributed by atoms with Gasteiger partial charge in [0.1, 0.15) is 11.5 Å². The molecule has 0 saturated heterocycles. The number of para-hydroxylation sites is 2. The van der Waals surface area contributed by atoms with Crippen LogP contribution in [0.25, 0.3) is 0 Å². The monoisotopic (exact) mass is 397 g/mol. The number of benzene rings is 2. The number of pyridine rings is 1. The van der Waals surface area contributed by atoms with Crippen LogP contribution in [-0.4, -0.2) is 25.1 Å². The van der Waals surface area contributed by atoms with Crippen LogP contribution in [0.5, 0.6) is 11.5 Å². The highest BCUT2D eigenvalue weighted by molar-refractivity contribution is 6.31. The van der Waals surface area contributed by atoms with E-state index in [2.05, 4.69) is 15.6 Å². The predicted octanol–water partition coefficient (Wildman–Crippen LogP) is 5.06. The van der Waals surface area contributed by atoms with E-state index in [9.17, 15) is 4.79 Å². The first kappa shape index (κ1) is 19.5. The normalized spacial score (nSPS) is 10.3. The second kappa shape index (κ2) is 8.63. The van der Waals surface area contributed by atoms with Gasteiger partial charge in [0.2, 0.25) is 0 Å². The van der Waals surface area contributed by atoms with Crippen LogP contribution in [0, 0.1) is 6.92 Å². The SMILES string of the molecule is COc1cc(Cl)c(C)cc1NC(=O)c1cncc(Nc2ccccc2OC)c1. The molecule has 0 radical (unpaired) electrons. The molecule has 0 bridgehead atoms. The molecule has 28 heavy (non-hydrogen) atoms. The highest BCUT2D eigenvalue weighted by atomic mass is 35.5. The number of rotatable bonds is 6. The lowest BCUT2D eigenvalue weighted by atomic mass is 10.2. The third-order valence-corrected chi connectivity index (χ3v) is 4.52. The van der Waals surface area contributed by atoms with Crippen LogP contribution in [0.2, 0.25) is 5.02 Å². The van der Waals surface area contributed by atoms with Crippen LogP contribution in [0.1, 0.15) is 15.9 Å². The molecule has 3 aromatic rings. The number of carbonyl (C=O) groups is 1. The molecule has 0 aliphatic heterocycles. The van der Waals surface area contributed by atoms with E-state index in [4.69, 9.17) is 21.1 Å². The number of anilines is 3. The molecule has 0 aliphatic rings. The van der Waals surface area contributed by atoms with Gasteiger partial charge < -0.3 is 20.1 Å². The van der Waals surface area contributed by atoms with Gasteiger partial charge in [-0.1, -0.05) is 23.7 Å². The van der Waals surface area contributed by atoms with Gasteiger partial charge in [-0.05, 0) is 36.8 Å². The number of nitrogens with one attached hydrogen (secondary N) is 2. The Morgan fingerprint density at radius 3 is 2.50 bits per heavy atom. The second-order valence-corrected chi connectivity index (χ2v) is 6.45. The number of ether oxygens (including phenoxy) is 2. The molecule has 1 amide bonds. The summed E-state index contributed by atoms with van der Waals surface area (Å²) >= 11 is 6.12. The molecule has 1 aromatic heterocycles. The van der Waals surface area contributed by atoms with Gasteiger partial charge in [-0.2, -0.15) is 0 Å². The van der Waals surface area contributed by atoms with Crippen molar-refractivity contribution in [2.24, 2.45) is 0 Å². The van der Waals surface area contributed by atoms with E-state index in [0.29, 0.717) is 33.5 Å². The molecule has 144 valence electrons. The molecule has 0 saturated carbocycles. The van der Waals surface area contributed by atoms with Crippen molar-refractivity contribution in [2.45, 2.75) is 6.92 Å². The standard InChI is InChI=1S/C21H20ClN3O3/c1-13-8-18(20(28-3)10-16(13)22)25-21(26)14-9-15(12-23-11-14)24-17-6-4-5-7-19(17)27-2/h4-12,24H,1-3H3,(H,25,26). The lowest BCUT2D eigenvalue weighted by molar-refractivity contribution is 0.102. The second-order valence-electron chi connectivity index (χ2n) is 6.04. The Morgan fingerprint density at radius 2 is 1.75 bits per heavy atom. The Labute approximate surface area is 168 Å². The van der Waals surface area contributed by atoms with Crippen LogP contribution >= 0.6 is 11.6 Å². The summed E-state index contributed by atoms with van der Waals surface area (Å²) in [5.74, 6) is 0.871. The molecule has 7 heteroatoms. The van der Waals surface area contributed by atoms with Gasteiger partial charge in [0.15, 0.2) is 0 Å². The zero-order valence-electron chi connectivity index (χ0n) is 15.7. The number of aromatic nitrogens is 1. The molecule has 0 aliphatic carbocycles. The Kier molecular flexibility index (Phi) is 6.01. The Morgan fingerprint density at radius 1 is 1.00 bits per heavy atom. The van der Waals surface area contributed by atoms with Gasteiger partial charge in [0, 0.05) is 17.3 Å². The van der Waals surface area contributed by atoms with Crippen molar-refractivity contribution in [3.05, 3.63) is 71.0 Å². The van der Waals surface area contributed by atoms with Crippen molar-refractivity contribution in [3.8, 4) is 11.5 Å². The topological polar surface area (TPSA) is 72.5 Å². The number of carbonyl (C=O) groups excluding carboxylic acids is 1. The number of hydrogen-bond acceptors (Lipinski definition) is 5. The Hall–Kier alpha value is -3.25. The lowest BCUT2D eigenvalue weighted by Crippen LogP contribution is -2.13. The van der Waals surface area contributed by atoms with Gasteiger partial charge >= 0.3 is 0 Å². The molecular weight excluding hydrogens is 378 g/mol. The first-order valence-electron chi connectivity index (χ1n) is 8.52. The highest BCUT2D eigenvalue weighted by Gasteiger charge is 2.13. The summed E-state index contributed by atoms with van der Waals surface area (Å²) in [5, 5.41) is 6.63. The summed E-state index contributed by atoms with van der Waals surface area (Å²) in [7, 11) is 3.13. The smallest absolute Gasteiger partial charge is 0.257 e. The number of amides is 1. The summed E-state index contributed by atoms with van der Waals surface area (Å²) in [6, 6.07) is 12.7. The van der Waals surface area contributed by atoms with Crippen molar-refractivity contribution in [1.29, 1.82) is 0 Å². The van der Waals surface area contributed by atoms with Crippen LogP contribution in [0.15, 0.2) is 54.9 Å². The lowest BCUT2D eigenvalue weighted by Gasteiger charge is -2.13. The zero-order chi connectivity index (χ0) is 20.1. The number of hydrogen-bond donors (Lipinski definition) is 2. The molecule has 0 fully saturated rings. The van der Waals surface area contributed by atoms with E-state index in [1.54, 1.807) is 31.5 Å². The summed E-state index contributed by atoms with van der Waals surface area (Å²) in [4.78, 5) is 16.9. The Bertz CT molecular complexity index is 1010. The first-order valence-corrected chi connectivity index (χ1v) is 8.90. The summed E-state index contributed by atoms with van der Waals surface area (Å²) < 4.78 is 10.6. The molecule has 6 nitrogen and oxygen atoms in total. The fourth-order valence-corrected chi connectivity index (χ4v) is 2.81. The van der Waals surface area contributed by atoms with Crippen molar-refractivity contribution < 1.29 is 14.3 Å². The minimum absolute atomic E-state index is 0.309. The van der Waals surface area contributed by atoms with Gasteiger partial charge in [0.05, 0.1) is 43.0 Å². The van der Waals surface area contributed by atoms with Crippen molar-refractivity contribution in [3.63, 3.8) is 0 Å². The van der Waals surface area contributed by atoms with Crippen LogP contribution < -0.4 is 20.1 Å². The third kappa shape index (κ3) is 4.35. The minimum atomic E-state index is -0.309. The van der Waals surface area contributed by atoms with Crippen molar-refractivity contribution in [1.82, 2.24) is 4.98 Å². The molecule has 0 spiro atoms. The summed E-state index contributed by atoms with van der Waals surface area (Å²) in [6.07, 6.45) is 3.13. The largest absolute Gasteiger partial charge is 0.495 e. The molecule has 2 aromatic carbocycles. The molecule has 0 atom stereocenters.